The molecule has 198 valence electrons. The number of hydrogen-bond donors (Lipinski definition) is 3. The normalized spacial score (nSPS) is 11.5. The van der Waals surface area contributed by atoms with E-state index in [1.807, 2.05) is 0 Å². The number of urea groups is 1. The van der Waals surface area contributed by atoms with Gasteiger partial charge in [-0.2, -0.15) is 18.2 Å². The molecule has 0 atom stereocenters. The number of nitrogens with zero attached hydrogens (tertiary/aromatic N) is 2. The van der Waals surface area contributed by atoms with Crippen LogP contribution in [0, 0.1) is 0 Å². The molecule has 8 nitrogen and oxygen atoms in total. The van der Waals surface area contributed by atoms with Crippen molar-refractivity contribution < 1.29 is 27.2 Å². The van der Waals surface area contributed by atoms with Crippen LogP contribution in [0.2, 0.25) is 0 Å². The van der Waals surface area contributed by atoms with Crippen molar-refractivity contribution in [1.29, 1.82) is 0 Å². The van der Waals surface area contributed by atoms with Crippen LogP contribution in [0.3, 0.4) is 0 Å². The summed E-state index contributed by atoms with van der Waals surface area (Å²) in [7, 11) is 0. The third-order valence-corrected chi connectivity index (χ3v) is 5.36. The number of anilines is 1. The summed E-state index contributed by atoms with van der Waals surface area (Å²) in [5, 5.41) is 5.30. The average molecular weight is 494 g/mol. The molecule has 0 saturated heterocycles. The van der Waals surface area contributed by atoms with Gasteiger partial charge in [0.15, 0.2) is 0 Å². The van der Waals surface area contributed by atoms with Crippen LogP contribution in [0.25, 0.3) is 0 Å². The molecule has 0 aliphatic heterocycles. The van der Waals surface area contributed by atoms with Gasteiger partial charge in [0.25, 0.3) is 5.82 Å². The summed E-state index contributed by atoms with van der Waals surface area (Å²) >= 11 is 0. The monoisotopic (exact) mass is 493 g/mol. The van der Waals surface area contributed by atoms with Crippen molar-refractivity contribution in [3.05, 3.63) is 5.82 Å². The highest BCUT2D eigenvalue weighted by molar-refractivity contribution is 5.74. The molecule has 0 aromatic carbocycles. The average Bonchev–Trinajstić information content (AvgIpc) is 3.29. The lowest BCUT2D eigenvalue weighted by atomic mass is 10.0. The lowest BCUT2D eigenvalue weighted by Gasteiger charge is -2.07. The summed E-state index contributed by atoms with van der Waals surface area (Å²) in [4.78, 5) is 14.6. The summed E-state index contributed by atoms with van der Waals surface area (Å²) in [5.74, 6) is -1.42. The largest absolute Gasteiger partial charge is 0.455 e. The van der Waals surface area contributed by atoms with Crippen molar-refractivity contribution in [2.75, 3.05) is 25.2 Å². The predicted octanol–water partition coefficient (Wildman–Crippen LogP) is 6.60. The van der Waals surface area contributed by atoms with Crippen LogP contribution in [0.1, 0.15) is 109 Å². The zero-order chi connectivity index (χ0) is 24.9. The van der Waals surface area contributed by atoms with E-state index in [4.69, 9.17) is 4.74 Å². The maximum atomic E-state index is 12.3. The quantitative estimate of drug-likeness (QED) is 0.132. The molecule has 0 aliphatic rings. The van der Waals surface area contributed by atoms with Crippen LogP contribution < -0.4 is 16.2 Å². The van der Waals surface area contributed by atoms with Crippen LogP contribution in [-0.2, 0) is 10.9 Å². The minimum Gasteiger partial charge on any atom is -0.381 e. The highest BCUT2D eigenvalue weighted by atomic mass is 19.4. The Morgan fingerprint density at radius 1 is 0.853 bits per heavy atom. The van der Waals surface area contributed by atoms with Gasteiger partial charge in [-0.25, -0.2) is 15.6 Å². The van der Waals surface area contributed by atoms with E-state index < -0.39 is 24.0 Å². The summed E-state index contributed by atoms with van der Waals surface area (Å²) in [6.45, 7) is 3.87. The smallest absolute Gasteiger partial charge is 0.381 e. The molecule has 0 saturated carbocycles. The first-order chi connectivity index (χ1) is 16.4. The maximum Gasteiger partial charge on any atom is 0.455 e. The van der Waals surface area contributed by atoms with Gasteiger partial charge in [0.05, 0.1) is 0 Å². The summed E-state index contributed by atoms with van der Waals surface area (Å²) in [6.07, 6.45) is 14.4. The number of nitrogens with one attached hydrogen (secondary N) is 3. The highest BCUT2D eigenvalue weighted by Gasteiger charge is 2.37. The number of amides is 2. The molecule has 0 unspecified atom stereocenters. The Morgan fingerprint density at radius 3 is 1.91 bits per heavy atom. The molecule has 1 rings (SSSR count). The topological polar surface area (TPSA) is 101 Å². The number of unbranched alkanes of at least 4 members (excludes halogenated alkanes) is 13. The fourth-order valence-corrected chi connectivity index (χ4v) is 3.42. The number of aromatic nitrogens is 2. The molecular weight excluding hydrogens is 451 g/mol. The van der Waals surface area contributed by atoms with Gasteiger partial charge in [-0.1, -0.05) is 90.4 Å². The first-order valence-corrected chi connectivity index (χ1v) is 12.7. The van der Waals surface area contributed by atoms with Crippen LogP contribution >= 0.6 is 0 Å². The first kappa shape index (κ1) is 30.0. The second-order valence-electron chi connectivity index (χ2n) is 8.49. The number of carbonyl (C=O) groups is 1. The Balaban J connectivity index is 1.80. The van der Waals surface area contributed by atoms with Crippen LogP contribution in [0.4, 0.5) is 24.0 Å². The summed E-state index contributed by atoms with van der Waals surface area (Å²) in [6, 6.07) is -1.18. The van der Waals surface area contributed by atoms with E-state index in [0.717, 1.165) is 6.42 Å². The zero-order valence-electron chi connectivity index (χ0n) is 20.5. The number of ether oxygens (including phenoxy) is 1. The van der Waals surface area contributed by atoms with Gasteiger partial charge in [-0.05, 0) is 18.0 Å². The summed E-state index contributed by atoms with van der Waals surface area (Å²) < 4.78 is 46.9. The molecule has 1 aromatic rings. The van der Waals surface area contributed by atoms with Crippen molar-refractivity contribution in [1.82, 2.24) is 20.9 Å². The number of carbonyl (C=O) groups excluding carboxylic acids is 1. The van der Waals surface area contributed by atoms with Gasteiger partial charge in [0, 0.05) is 19.8 Å². The molecule has 1 heterocycles. The molecule has 2 amide bonds. The number of hydrogen-bond acceptors (Lipinski definition) is 6. The van der Waals surface area contributed by atoms with E-state index in [1.165, 1.54) is 83.5 Å². The van der Waals surface area contributed by atoms with E-state index in [1.54, 1.807) is 0 Å². The molecular formula is C23H42F3N5O3. The molecule has 34 heavy (non-hydrogen) atoms. The SMILES string of the molecule is CCCCCCCCCCCCCCCCOCCCNC(=O)NNc1nc(C(F)(F)F)no1. The number of rotatable bonds is 21. The second kappa shape index (κ2) is 19.3. The molecule has 0 aliphatic carbocycles. The van der Waals surface area contributed by atoms with Crippen LogP contribution in [0.5, 0.6) is 0 Å². The molecule has 1 aromatic heterocycles. The third-order valence-electron chi connectivity index (χ3n) is 5.36. The molecule has 0 bridgehead atoms. The van der Waals surface area contributed by atoms with Gasteiger partial charge < -0.3 is 14.6 Å². The number of hydrazine groups is 1. The van der Waals surface area contributed by atoms with Gasteiger partial charge >= 0.3 is 18.2 Å². The molecule has 0 radical (unpaired) electrons. The lowest BCUT2D eigenvalue weighted by Crippen LogP contribution is -2.39. The van der Waals surface area contributed by atoms with Crippen molar-refractivity contribution in [2.24, 2.45) is 0 Å². The highest BCUT2D eigenvalue weighted by Crippen LogP contribution is 2.26. The Bertz CT molecular complexity index is 629. The Kier molecular flexibility index (Phi) is 17.0. The van der Waals surface area contributed by atoms with E-state index in [0.29, 0.717) is 26.2 Å². The second-order valence-corrected chi connectivity index (χ2v) is 8.49. The van der Waals surface area contributed by atoms with Crippen molar-refractivity contribution in [3.8, 4) is 0 Å². The Morgan fingerprint density at radius 2 is 1.38 bits per heavy atom. The van der Waals surface area contributed by atoms with E-state index in [2.05, 4.69) is 37.8 Å². The fourth-order valence-electron chi connectivity index (χ4n) is 3.42. The van der Waals surface area contributed by atoms with Crippen molar-refractivity contribution in [3.63, 3.8) is 0 Å². The Labute approximate surface area is 201 Å². The Hall–Kier alpha value is -2.04. The van der Waals surface area contributed by atoms with Crippen molar-refractivity contribution in [2.45, 2.75) is 109 Å². The van der Waals surface area contributed by atoms with E-state index in [-0.39, 0.29) is 0 Å². The lowest BCUT2D eigenvalue weighted by molar-refractivity contribution is -0.146. The van der Waals surface area contributed by atoms with E-state index in [9.17, 15) is 18.0 Å². The van der Waals surface area contributed by atoms with Gasteiger partial charge in [-0.3, -0.25) is 0 Å². The summed E-state index contributed by atoms with van der Waals surface area (Å²) in [5.41, 5.74) is 4.23. The van der Waals surface area contributed by atoms with Gasteiger partial charge in [-0.15, -0.1) is 0 Å². The minimum atomic E-state index is -4.71. The number of halogens is 3. The van der Waals surface area contributed by atoms with Crippen molar-refractivity contribution >= 4 is 12.0 Å². The fraction of sp³-hybridized carbons (Fsp3) is 0.870. The van der Waals surface area contributed by atoms with Gasteiger partial charge in [0.1, 0.15) is 0 Å². The predicted molar refractivity (Wildman–Crippen MR) is 125 cm³/mol. The maximum absolute atomic E-state index is 12.3. The standard InChI is InChI=1S/C23H42F3N5O3/c1-2-3-4-5-6-7-8-9-10-11-12-13-14-15-18-33-19-16-17-27-21(32)29-30-22-28-20(31-34-22)23(24,25)26/h2-19H2,1H3,(H2,27,29,32)(H,28,30,31). The van der Waals surface area contributed by atoms with E-state index >= 15 is 0 Å². The molecule has 11 heteroatoms. The zero-order valence-corrected chi connectivity index (χ0v) is 20.5. The molecule has 0 fully saturated rings. The van der Waals surface area contributed by atoms with Crippen LogP contribution in [-0.4, -0.2) is 35.9 Å². The minimum absolute atomic E-state index is 0.365. The van der Waals surface area contributed by atoms with Crippen LogP contribution in [0.15, 0.2) is 4.52 Å². The third kappa shape index (κ3) is 16.6. The number of alkyl halides is 3. The first-order valence-electron chi connectivity index (χ1n) is 12.7. The van der Waals surface area contributed by atoms with Gasteiger partial charge in [0.2, 0.25) is 0 Å². The molecule has 0 spiro atoms. The molecule has 3 N–H and O–H groups in total.